The van der Waals surface area contributed by atoms with Crippen molar-refractivity contribution in [3.05, 3.63) is 41.9 Å². The van der Waals surface area contributed by atoms with Crippen molar-refractivity contribution < 1.29 is 18.7 Å². The molecule has 7 nitrogen and oxygen atoms in total. The molecule has 0 saturated carbocycles. The minimum absolute atomic E-state index is 0.0393. The predicted octanol–water partition coefficient (Wildman–Crippen LogP) is 2.73. The highest BCUT2D eigenvalue weighted by Gasteiger charge is 2.26. The molecule has 0 aliphatic carbocycles. The Morgan fingerprint density at radius 2 is 2.04 bits per heavy atom. The summed E-state index contributed by atoms with van der Waals surface area (Å²) in [5.41, 5.74) is 1.31. The molecule has 1 aromatic carbocycles. The number of hydrogen-bond donors (Lipinski definition) is 1. The van der Waals surface area contributed by atoms with E-state index >= 15 is 0 Å². The second-order valence-electron chi connectivity index (χ2n) is 6.38. The van der Waals surface area contributed by atoms with Crippen LogP contribution in [-0.4, -0.2) is 54.5 Å². The third kappa shape index (κ3) is 4.54. The van der Waals surface area contributed by atoms with Crippen LogP contribution in [0.5, 0.6) is 0 Å². The molecule has 0 atom stereocenters. The van der Waals surface area contributed by atoms with E-state index in [0.29, 0.717) is 36.6 Å². The van der Waals surface area contributed by atoms with E-state index < -0.39 is 0 Å². The molecule has 3 rings (SSSR count). The molecular formula is C20H25N3O4. The van der Waals surface area contributed by atoms with E-state index in [1.165, 1.54) is 6.39 Å². The average Bonchev–Trinajstić information content (AvgIpc) is 3.39. The smallest absolute Gasteiger partial charge is 0.273 e. The standard InChI is InChI=1S/C20H25N3O4/c1-2-26-13-7-10-21-19(24)17-18(27-14-22-17)15-8-3-4-9-16(15)20(25)23-11-5-6-12-23/h3-4,8-9,14H,2,5-7,10-13H2,1H3,(H,21,24). The first kappa shape index (κ1) is 19.1. The number of ether oxygens (including phenoxy) is 1. The SMILES string of the molecule is CCOCCCNC(=O)c1ncoc1-c1ccccc1C(=O)N1CCCC1. The fourth-order valence-electron chi connectivity index (χ4n) is 3.16. The number of rotatable bonds is 8. The summed E-state index contributed by atoms with van der Waals surface area (Å²) in [5.74, 6) is -0.0401. The van der Waals surface area contributed by atoms with Gasteiger partial charge in [-0.3, -0.25) is 9.59 Å². The number of aromatic nitrogens is 1. The fraction of sp³-hybridized carbons (Fsp3) is 0.450. The van der Waals surface area contributed by atoms with Crippen molar-refractivity contribution in [3.63, 3.8) is 0 Å². The molecule has 2 heterocycles. The van der Waals surface area contributed by atoms with Crippen LogP contribution in [0.2, 0.25) is 0 Å². The number of hydrogen-bond acceptors (Lipinski definition) is 5. The molecule has 0 bridgehead atoms. The van der Waals surface area contributed by atoms with Crippen LogP contribution in [0, 0.1) is 0 Å². The molecule has 27 heavy (non-hydrogen) atoms. The zero-order valence-corrected chi connectivity index (χ0v) is 15.6. The number of likely N-dealkylation sites (tertiary alicyclic amines) is 1. The number of oxazole rings is 1. The maximum atomic E-state index is 12.9. The van der Waals surface area contributed by atoms with Crippen molar-refractivity contribution >= 4 is 11.8 Å². The van der Waals surface area contributed by atoms with Gasteiger partial charge in [-0.1, -0.05) is 18.2 Å². The van der Waals surface area contributed by atoms with Crippen molar-refractivity contribution in [2.45, 2.75) is 26.2 Å². The van der Waals surface area contributed by atoms with Crippen LogP contribution < -0.4 is 5.32 Å². The van der Waals surface area contributed by atoms with Gasteiger partial charge in [0.25, 0.3) is 11.8 Å². The second kappa shape index (κ2) is 9.32. The van der Waals surface area contributed by atoms with Crippen LogP contribution in [0.25, 0.3) is 11.3 Å². The topological polar surface area (TPSA) is 84.7 Å². The first-order chi connectivity index (χ1) is 13.2. The number of carbonyl (C=O) groups is 2. The van der Waals surface area contributed by atoms with Gasteiger partial charge in [-0.05, 0) is 32.3 Å². The molecule has 1 saturated heterocycles. The molecule has 2 aromatic rings. The van der Waals surface area contributed by atoms with Gasteiger partial charge in [0.1, 0.15) is 0 Å². The monoisotopic (exact) mass is 371 g/mol. The molecular weight excluding hydrogens is 346 g/mol. The molecule has 0 unspecified atom stereocenters. The number of benzene rings is 1. The van der Waals surface area contributed by atoms with Crippen molar-refractivity contribution in [2.75, 3.05) is 32.8 Å². The molecule has 1 fully saturated rings. The predicted molar refractivity (Wildman–Crippen MR) is 101 cm³/mol. The van der Waals surface area contributed by atoms with Gasteiger partial charge >= 0.3 is 0 Å². The third-order valence-electron chi connectivity index (χ3n) is 4.53. The lowest BCUT2D eigenvalue weighted by atomic mass is 10.0. The molecule has 1 N–H and O–H groups in total. The van der Waals surface area contributed by atoms with E-state index in [2.05, 4.69) is 10.3 Å². The zero-order valence-electron chi connectivity index (χ0n) is 15.6. The second-order valence-corrected chi connectivity index (χ2v) is 6.38. The largest absolute Gasteiger partial charge is 0.443 e. The normalized spacial score (nSPS) is 13.7. The van der Waals surface area contributed by atoms with Gasteiger partial charge in [-0.25, -0.2) is 4.98 Å². The van der Waals surface area contributed by atoms with Gasteiger partial charge in [-0.15, -0.1) is 0 Å². The van der Waals surface area contributed by atoms with Crippen molar-refractivity contribution in [1.29, 1.82) is 0 Å². The summed E-state index contributed by atoms with van der Waals surface area (Å²) in [6, 6.07) is 7.19. The number of amides is 2. The quantitative estimate of drug-likeness (QED) is 0.721. The van der Waals surface area contributed by atoms with Crippen LogP contribution in [0.4, 0.5) is 0 Å². The Kier molecular flexibility index (Phi) is 6.59. The Bertz CT molecular complexity index is 781. The van der Waals surface area contributed by atoms with Crippen LogP contribution >= 0.6 is 0 Å². The molecule has 0 spiro atoms. The van der Waals surface area contributed by atoms with Gasteiger partial charge in [0.15, 0.2) is 17.8 Å². The summed E-state index contributed by atoms with van der Waals surface area (Å²) in [5, 5.41) is 2.82. The minimum Gasteiger partial charge on any atom is -0.443 e. The highest BCUT2D eigenvalue weighted by molar-refractivity contribution is 6.04. The number of carbonyl (C=O) groups excluding carboxylic acids is 2. The van der Waals surface area contributed by atoms with E-state index in [9.17, 15) is 9.59 Å². The molecule has 1 aromatic heterocycles. The zero-order chi connectivity index (χ0) is 19.1. The summed E-state index contributed by atoms with van der Waals surface area (Å²) < 4.78 is 10.8. The van der Waals surface area contributed by atoms with Gasteiger partial charge in [0, 0.05) is 38.4 Å². The lowest BCUT2D eigenvalue weighted by Crippen LogP contribution is -2.28. The van der Waals surface area contributed by atoms with Gasteiger partial charge in [-0.2, -0.15) is 0 Å². The molecule has 0 radical (unpaired) electrons. The van der Waals surface area contributed by atoms with Crippen LogP contribution in [0.15, 0.2) is 35.1 Å². The van der Waals surface area contributed by atoms with Gasteiger partial charge in [0.2, 0.25) is 0 Å². The first-order valence-electron chi connectivity index (χ1n) is 9.40. The molecule has 2 amide bonds. The summed E-state index contributed by atoms with van der Waals surface area (Å²) in [4.78, 5) is 31.3. The summed E-state index contributed by atoms with van der Waals surface area (Å²) in [6.07, 6.45) is 4.00. The van der Waals surface area contributed by atoms with Crippen LogP contribution in [-0.2, 0) is 4.74 Å². The maximum absolute atomic E-state index is 12.9. The van der Waals surface area contributed by atoms with Crippen LogP contribution in [0.3, 0.4) is 0 Å². The highest BCUT2D eigenvalue weighted by atomic mass is 16.5. The van der Waals surface area contributed by atoms with Gasteiger partial charge < -0.3 is 19.4 Å². The lowest BCUT2D eigenvalue weighted by Gasteiger charge is -2.17. The lowest BCUT2D eigenvalue weighted by molar-refractivity contribution is 0.0792. The molecule has 144 valence electrons. The van der Waals surface area contributed by atoms with Gasteiger partial charge in [0.05, 0.1) is 5.56 Å². The van der Waals surface area contributed by atoms with Crippen molar-refractivity contribution in [2.24, 2.45) is 0 Å². The van der Waals surface area contributed by atoms with E-state index in [4.69, 9.17) is 9.15 Å². The number of nitrogens with zero attached hydrogens (tertiary/aromatic N) is 2. The fourth-order valence-corrected chi connectivity index (χ4v) is 3.16. The summed E-state index contributed by atoms with van der Waals surface area (Å²) in [6.45, 7) is 5.19. The Labute approximate surface area is 158 Å². The van der Waals surface area contributed by atoms with E-state index in [1.807, 2.05) is 24.0 Å². The van der Waals surface area contributed by atoms with Crippen molar-refractivity contribution in [3.8, 4) is 11.3 Å². The Morgan fingerprint density at radius 1 is 1.26 bits per heavy atom. The Morgan fingerprint density at radius 3 is 2.81 bits per heavy atom. The molecule has 1 aliphatic heterocycles. The first-order valence-corrected chi connectivity index (χ1v) is 9.40. The average molecular weight is 371 g/mol. The van der Waals surface area contributed by atoms with Crippen molar-refractivity contribution in [1.82, 2.24) is 15.2 Å². The van der Waals surface area contributed by atoms with E-state index in [1.54, 1.807) is 12.1 Å². The van der Waals surface area contributed by atoms with Crippen LogP contribution in [0.1, 0.15) is 47.0 Å². The Hall–Kier alpha value is -2.67. The summed E-state index contributed by atoms with van der Waals surface area (Å²) >= 11 is 0. The molecule has 1 aliphatic rings. The maximum Gasteiger partial charge on any atom is 0.273 e. The minimum atomic E-state index is -0.321. The van der Waals surface area contributed by atoms with E-state index in [-0.39, 0.29) is 17.5 Å². The number of nitrogens with one attached hydrogen (secondary N) is 1. The summed E-state index contributed by atoms with van der Waals surface area (Å²) in [7, 11) is 0. The third-order valence-corrected chi connectivity index (χ3v) is 4.53. The van der Waals surface area contributed by atoms with E-state index in [0.717, 1.165) is 32.4 Å². The Balaban J connectivity index is 1.77. The highest BCUT2D eigenvalue weighted by Crippen LogP contribution is 2.28. The molecule has 7 heteroatoms.